The van der Waals surface area contributed by atoms with Crippen LogP contribution in [0.5, 0.6) is 0 Å². The van der Waals surface area contributed by atoms with E-state index < -0.39 is 0 Å². The number of nitrogens with zero attached hydrogens (tertiary/aromatic N) is 1. The minimum atomic E-state index is 0.322. The van der Waals surface area contributed by atoms with Crippen LogP contribution >= 0.6 is 0 Å². The molecule has 0 bridgehead atoms. The van der Waals surface area contributed by atoms with Crippen LogP contribution < -0.4 is 5.73 Å². The Labute approximate surface area is 119 Å². The molecule has 0 saturated heterocycles. The average Bonchev–Trinajstić information content (AvgIpc) is 2.39. The lowest BCUT2D eigenvalue weighted by Crippen LogP contribution is -2.36. The van der Waals surface area contributed by atoms with Crippen molar-refractivity contribution in [3.63, 3.8) is 0 Å². The number of nitrogens with two attached hydrogens (primary N) is 1. The lowest BCUT2D eigenvalue weighted by molar-refractivity contribution is 0.184. The summed E-state index contributed by atoms with van der Waals surface area (Å²) in [5, 5.41) is 0. The maximum Gasteiger partial charge on any atom is 0.0470 e. The van der Waals surface area contributed by atoms with Crippen molar-refractivity contribution < 1.29 is 0 Å². The van der Waals surface area contributed by atoms with Crippen molar-refractivity contribution in [1.29, 1.82) is 0 Å². The molecule has 0 fully saturated rings. The summed E-state index contributed by atoms with van der Waals surface area (Å²) >= 11 is 0. The van der Waals surface area contributed by atoms with Crippen molar-refractivity contribution in [3.05, 3.63) is 35.4 Å². The van der Waals surface area contributed by atoms with Gasteiger partial charge in [-0.15, -0.1) is 0 Å². The van der Waals surface area contributed by atoms with Crippen LogP contribution in [0, 0.1) is 5.92 Å². The fraction of sp³-hybridized carbons (Fsp3) is 0.647. The number of likely N-dealkylation sites (N-methyl/N-ethyl adjacent to an activating group) is 1. The highest BCUT2D eigenvalue weighted by molar-refractivity contribution is 5.25. The largest absolute Gasteiger partial charge is 0.329 e. The van der Waals surface area contributed by atoms with Gasteiger partial charge >= 0.3 is 0 Å². The minimum Gasteiger partial charge on any atom is -0.329 e. The summed E-state index contributed by atoms with van der Waals surface area (Å²) in [6.07, 6.45) is 2.30. The molecule has 0 heterocycles. The lowest BCUT2D eigenvalue weighted by atomic mass is 9.98. The summed E-state index contributed by atoms with van der Waals surface area (Å²) < 4.78 is 0. The summed E-state index contributed by atoms with van der Waals surface area (Å²) in [5.41, 5.74) is 8.72. The summed E-state index contributed by atoms with van der Waals surface area (Å²) in [4.78, 5) is 2.39. The SMILES string of the molecule is CCC(C)N(C)C(CN)c1ccc(CC(C)C)cc1. The molecule has 1 aromatic carbocycles. The van der Waals surface area contributed by atoms with E-state index in [0.717, 1.165) is 12.8 Å². The topological polar surface area (TPSA) is 29.3 Å². The number of hydrogen-bond acceptors (Lipinski definition) is 2. The maximum atomic E-state index is 5.98. The molecule has 0 amide bonds. The van der Waals surface area contributed by atoms with Crippen molar-refractivity contribution >= 4 is 0 Å². The van der Waals surface area contributed by atoms with Gasteiger partial charge in [0.15, 0.2) is 0 Å². The molecule has 0 spiro atoms. The molecule has 2 heteroatoms. The van der Waals surface area contributed by atoms with E-state index in [1.54, 1.807) is 0 Å². The number of rotatable bonds is 7. The van der Waals surface area contributed by atoms with Gasteiger partial charge in [-0.3, -0.25) is 4.90 Å². The fourth-order valence-electron chi connectivity index (χ4n) is 2.48. The molecule has 108 valence electrons. The Balaban J connectivity index is 2.81. The van der Waals surface area contributed by atoms with E-state index in [4.69, 9.17) is 5.73 Å². The highest BCUT2D eigenvalue weighted by Crippen LogP contribution is 2.22. The van der Waals surface area contributed by atoms with Crippen LogP contribution in [0.4, 0.5) is 0 Å². The van der Waals surface area contributed by atoms with Crippen LogP contribution in [0.25, 0.3) is 0 Å². The van der Waals surface area contributed by atoms with Crippen LogP contribution in [0.2, 0.25) is 0 Å². The zero-order valence-corrected chi connectivity index (χ0v) is 13.2. The molecule has 2 atom stereocenters. The lowest BCUT2D eigenvalue weighted by Gasteiger charge is -2.32. The van der Waals surface area contributed by atoms with E-state index in [-0.39, 0.29) is 0 Å². The molecule has 0 aliphatic heterocycles. The summed E-state index contributed by atoms with van der Waals surface area (Å²) in [6.45, 7) is 9.67. The quantitative estimate of drug-likeness (QED) is 0.813. The first kappa shape index (κ1) is 16.2. The zero-order valence-electron chi connectivity index (χ0n) is 13.2. The standard InChI is InChI=1S/C17H30N2/c1-6-14(4)19(5)17(12-18)16-9-7-15(8-10-16)11-13(2)3/h7-10,13-14,17H,6,11-12,18H2,1-5H3. The minimum absolute atomic E-state index is 0.322. The van der Waals surface area contributed by atoms with Gasteiger partial charge in [-0.05, 0) is 43.9 Å². The van der Waals surface area contributed by atoms with Gasteiger partial charge in [-0.25, -0.2) is 0 Å². The molecule has 0 aromatic heterocycles. The first-order valence-electron chi connectivity index (χ1n) is 7.50. The van der Waals surface area contributed by atoms with Gasteiger partial charge in [0.2, 0.25) is 0 Å². The zero-order chi connectivity index (χ0) is 14.4. The van der Waals surface area contributed by atoms with Crippen molar-refractivity contribution in [2.45, 2.75) is 52.6 Å². The summed E-state index contributed by atoms with van der Waals surface area (Å²) in [5.74, 6) is 0.707. The molecular weight excluding hydrogens is 232 g/mol. The third-order valence-corrected chi connectivity index (χ3v) is 4.01. The molecule has 1 aromatic rings. The van der Waals surface area contributed by atoms with Crippen LogP contribution in [-0.4, -0.2) is 24.5 Å². The molecular formula is C17H30N2. The molecule has 0 saturated carbocycles. The first-order chi connectivity index (χ1) is 8.99. The van der Waals surface area contributed by atoms with Gasteiger partial charge in [0.1, 0.15) is 0 Å². The molecule has 2 nitrogen and oxygen atoms in total. The first-order valence-corrected chi connectivity index (χ1v) is 7.50. The van der Waals surface area contributed by atoms with Gasteiger partial charge in [-0.2, -0.15) is 0 Å². The molecule has 0 aliphatic rings. The van der Waals surface area contributed by atoms with Gasteiger partial charge in [0, 0.05) is 18.6 Å². The van der Waals surface area contributed by atoms with Gasteiger partial charge in [0.25, 0.3) is 0 Å². The molecule has 2 unspecified atom stereocenters. The second-order valence-corrected chi connectivity index (χ2v) is 6.01. The van der Waals surface area contributed by atoms with Crippen LogP contribution in [0.1, 0.15) is 51.3 Å². The molecule has 19 heavy (non-hydrogen) atoms. The predicted molar refractivity (Wildman–Crippen MR) is 84.3 cm³/mol. The number of benzene rings is 1. The Bertz CT molecular complexity index is 356. The third kappa shape index (κ3) is 4.63. The Hall–Kier alpha value is -0.860. The van der Waals surface area contributed by atoms with Gasteiger partial charge < -0.3 is 5.73 Å². The monoisotopic (exact) mass is 262 g/mol. The highest BCUT2D eigenvalue weighted by atomic mass is 15.2. The van der Waals surface area contributed by atoms with Crippen LogP contribution in [0.15, 0.2) is 24.3 Å². The second-order valence-electron chi connectivity index (χ2n) is 6.01. The Morgan fingerprint density at radius 2 is 1.68 bits per heavy atom. The van der Waals surface area contributed by atoms with E-state index in [1.807, 2.05) is 0 Å². The van der Waals surface area contributed by atoms with E-state index in [1.165, 1.54) is 11.1 Å². The van der Waals surface area contributed by atoms with Crippen molar-refractivity contribution in [2.24, 2.45) is 11.7 Å². The van der Waals surface area contributed by atoms with Crippen molar-refractivity contribution in [3.8, 4) is 0 Å². The Morgan fingerprint density at radius 3 is 2.11 bits per heavy atom. The number of hydrogen-bond donors (Lipinski definition) is 1. The Morgan fingerprint density at radius 1 is 1.11 bits per heavy atom. The van der Waals surface area contributed by atoms with Crippen molar-refractivity contribution in [1.82, 2.24) is 4.90 Å². The smallest absolute Gasteiger partial charge is 0.0470 e. The van der Waals surface area contributed by atoms with E-state index in [2.05, 4.69) is 63.9 Å². The molecule has 0 radical (unpaired) electrons. The normalized spacial score (nSPS) is 14.9. The highest BCUT2D eigenvalue weighted by Gasteiger charge is 2.19. The average molecular weight is 262 g/mol. The third-order valence-electron chi connectivity index (χ3n) is 4.01. The molecule has 1 rings (SSSR count). The van der Waals surface area contributed by atoms with Crippen molar-refractivity contribution in [2.75, 3.05) is 13.6 Å². The summed E-state index contributed by atoms with van der Waals surface area (Å²) in [7, 11) is 2.17. The summed E-state index contributed by atoms with van der Waals surface area (Å²) in [6, 6.07) is 9.87. The van der Waals surface area contributed by atoms with Crippen LogP contribution in [0.3, 0.4) is 0 Å². The molecule has 0 aliphatic carbocycles. The maximum absolute atomic E-state index is 5.98. The predicted octanol–water partition coefficient (Wildman–Crippen LogP) is 3.62. The Kier molecular flexibility index (Phi) is 6.53. The second kappa shape index (κ2) is 7.66. The van der Waals surface area contributed by atoms with Gasteiger partial charge in [0.05, 0.1) is 0 Å². The molecule has 2 N–H and O–H groups in total. The van der Waals surface area contributed by atoms with Crippen LogP contribution in [-0.2, 0) is 6.42 Å². The van der Waals surface area contributed by atoms with E-state index in [0.29, 0.717) is 24.5 Å². The van der Waals surface area contributed by atoms with Gasteiger partial charge in [-0.1, -0.05) is 45.0 Å². The fourth-order valence-corrected chi connectivity index (χ4v) is 2.48. The van der Waals surface area contributed by atoms with E-state index in [9.17, 15) is 0 Å². The van der Waals surface area contributed by atoms with E-state index >= 15 is 0 Å².